The number of phosphoric acid groups is 1. The molecule has 0 saturated heterocycles. The molecule has 0 fully saturated rings. The summed E-state index contributed by atoms with van der Waals surface area (Å²) in [4.78, 5) is 46.0. The largest absolute Gasteiger partial charge is 0.480 e. The average Bonchev–Trinajstić information content (AvgIpc) is 3.26. The van der Waals surface area contributed by atoms with E-state index in [2.05, 4.69) is 98.2 Å². The van der Waals surface area contributed by atoms with E-state index in [4.69, 9.17) is 13.8 Å². The minimum atomic E-state index is -4.78. The fourth-order valence-corrected chi connectivity index (χ4v) is 6.97. The SMILES string of the molecule is CC/C=C\C/C=C\C/C=C\C/C=C\C/C=C\C/C=C\CCCCC(=O)NC(COP(=O)(O)OCC(O)COC(=O)CCCCCCCCC/C=C\CCCCCCCCC)C(=O)O. The monoisotopic (exact) mass is 904 g/mol. The van der Waals surface area contributed by atoms with Gasteiger partial charge in [-0.3, -0.25) is 18.6 Å². The summed E-state index contributed by atoms with van der Waals surface area (Å²) in [6.07, 6.45) is 56.1. The first-order valence-corrected chi connectivity index (χ1v) is 25.6. The van der Waals surface area contributed by atoms with Crippen molar-refractivity contribution in [2.24, 2.45) is 0 Å². The van der Waals surface area contributed by atoms with Crippen LogP contribution in [0.1, 0.15) is 187 Å². The van der Waals surface area contributed by atoms with Crippen molar-refractivity contribution in [2.45, 2.75) is 199 Å². The standard InChI is InChI=1S/C51H86NO10P/c1-3-5-7-9-11-13-15-17-19-21-23-24-25-26-28-30-32-34-36-38-40-42-49(54)52-48(51(56)57)46-62-63(58,59)61-45-47(53)44-60-50(55)43-41-39-37-35-33-31-29-27-22-20-18-16-14-12-10-8-6-4-2/h5,7,11,13,17,19-20,22-24,26,28,32,34,47-48,53H,3-4,6,8-10,12,14-16,18,21,25,27,29-31,33,35-46H2,1-2H3,(H,52,54)(H,56,57)(H,58,59)/b7-5-,13-11-,19-17-,22-20-,24-23-,28-26-,34-32-. The molecular formula is C51H86NO10P. The molecule has 1 amide bonds. The number of aliphatic hydroxyl groups excluding tert-OH is 1. The number of carbonyl (C=O) groups is 3. The van der Waals surface area contributed by atoms with Crippen molar-refractivity contribution in [3.63, 3.8) is 0 Å². The predicted octanol–water partition coefficient (Wildman–Crippen LogP) is 13.1. The number of carboxylic acids is 1. The van der Waals surface area contributed by atoms with Gasteiger partial charge in [-0.2, -0.15) is 0 Å². The zero-order valence-electron chi connectivity index (χ0n) is 39.1. The molecule has 0 rings (SSSR count). The summed E-state index contributed by atoms with van der Waals surface area (Å²) < 4.78 is 26.9. The van der Waals surface area contributed by atoms with Gasteiger partial charge in [0.2, 0.25) is 5.91 Å². The van der Waals surface area contributed by atoms with Crippen LogP contribution in [0.25, 0.3) is 0 Å². The maximum absolute atomic E-state index is 12.3. The van der Waals surface area contributed by atoms with Crippen LogP contribution in [0.2, 0.25) is 0 Å². The molecule has 12 heteroatoms. The minimum Gasteiger partial charge on any atom is -0.480 e. The van der Waals surface area contributed by atoms with Gasteiger partial charge in [0.25, 0.3) is 0 Å². The number of amides is 1. The van der Waals surface area contributed by atoms with Gasteiger partial charge in [-0.15, -0.1) is 0 Å². The van der Waals surface area contributed by atoms with Gasteiger partial charge in [0.1, 0.15) is 12.7 Å². The van der Waals surface area contributed by atoms with Crippen LogP contribution in [-0.2, 0) is 32.7 Å². The summed E-state index contributed by atoms with van der Waals surface area (Å²) in [5.41, 5.74) is 0. The Morgan fingerprint density at radius 2 is 0.921 bits per heavy atom. The Labute approximate surface area is 381 Å². The van der Waals surface area contributed by atoms with Crippen molar-refractivity contribution >= 4 is 25.7 Å². The summed E-state index contributed by atoms with van der Waals surface area (Å²) in [7, 11) is -4.78. The molecule has 3 unspecified atom stereocenters. The van der Waals surface area contributed by atoms with Gasteiger partial charge in [-0.1, -0.05) is 170 Å². The summed E-state index contributed by atoms with van der Waals surface area (Å²) in [5, 5.41) is 21.9. The number of ether oxygens (including phenoxy) is 1. The highest BCUT2D eigenvalue weighted by molar-refractivity contribution is 7.47. The molecule has 0 aliphatic heterocycles. The molecule has 0 radical (unpaired) electrons. The van der Waals surface area contributed by atoms with Crippen molar-refractivity contribution in [1.29, 1.82) is 0 Å². The third-order valence-electron chi connectivity index (χ3n) is 9.92. The second kappa shape index (κ2) is 45.2. The van der Waals surface area contributed by atoms with Gasteiger partial charge in [-0.25, -0.2) is 9.36 Å². The molecule has 0 spiro atoms. The van der Waals surface area contributed by atoms with Crippen LogP contribution in [0.4, 0.5) is 0 Å². The molecule has 3 atom stereocenters. The highest BCUT2D eigenvalue weighted by atomic mass is 31.2. The number of esters is 1. The van der Waals surface area contributed by atoms with Gasteiger partial charge in [0.15, 0.2) is 6.04 Å². The number of hydrogen-bond acceptors (Lipinski definition) is 8. The quantitative estimate of drug-likeness (QED) is 0.0200. The molecule has 0 aliphatic carbocycles. The maximum atomic E-state index is 12.3. The third kappa shape index (κ3) is 45.0. The zero-order chi connectivity index (χ0) is 46.3. The molecule has 0 aromatic carbocycles. The molecule has 11 nitrogen and oxygen atoms in total. The number of hydrogen-bond donors (Lipinski definition) is 4. The van der Waals surface area contributed by atoms with E-state index in [1.54, 1.807) is 0 Å². The molecule has 0 heterocycles. The number of unbranched alkanes of at least 4 members (excludes halogenated alkanes) is 16. The second-order valence-electron chi connectivity index (χ2n) is 15.9. The van der Waals surface area contributed by atoms with Crippen LogP contribution in [0.15, 0.2) is 85.1 Å². The van der Waals surface area contributed by atoms with E-state index in [1.165, 1.54) is 70.6 Å². The Morgan fingerprint density at radius 1 is 0.524 bits per heavy atom. The van der Waals surface area contributed by atoms with Crippen LogP contribution in [-0.4, -0.2) is 64.9 Å². The van der Waals surface area contributed by atoms with Crippen LogP contribution in [0.3, 0.4) is 0 Å². The van der Waals surface area contributed by atoms with Gasteiger partial charge in [-0.05, 0) is 89.9 Å². The second-order valence-corrected chi connectivity index (χ2v) is 17.4. The van der Waals surface area contributed by atoms with Gasteiger partial charge >= 0.3 is 19.8 Å². The summed E-state index contributed by atoms with van der Waals surface area (Å²) >= 11 is 0. The molecule has 0 aliphatic rings. The first kappa shape index (κ1) is 59.7. The first-order chi connectivity index (χ1) is 30.6. The summed E-state index contributed by atoms with van der Waals surface area (Å²) in [6, 6.07) is -1.58. The van der Waals surface area contributed by atoms with E-state index in [-0.39, 0.29) is 12.8 Å². The van der Waals surface area contributed by atoms with E-state index in [1.807, 2.05) is 6.08 Å². The number of nitrogens with one attached hydrogen (secondary N) is 1. The first-order valence-electron chi connectivity index (χ1n) is 24.1. The van der Waals surface area contributed by atoms with Gasteiger partial charge in [0, 0.05) is 12.8 Å². The Balaban J connectivity index is 3.96. The van der Waals surface area contributed by atoms with Crippen molar-refractivity contribution in [3.8, 4) is 0 Å². The lowest BCUT2D eigenvalue weighted by atomic mass is 10.1. The molecule has 4 N–H and O–H groups in total. The van der Waals surface area contributed by atoms with E-state index in [0.717, 1.165) is 77.0 Å². The Kier molecular flexibility index (Phi) is 42.8. The van der Waals surface area contributed by atoms with Gasteiger partial charge in [0.05, 0.1) is 13.2 Å². The van der Waals surface area contributed by atoms with Crippen LogP contribution < -0.4 is 5.32 Å². The number of rotatable bonds is 44. The number of allylic oxidation sites excluding steroid dienone is 14. The molecule has 360 valence electrons. The number of carbonyl (C=O) groups excluding carboxylic acids is 2. The topological polar surface area (TPSA) is 169 Å². The smallest absolute Gasteiger partial charge is 0.472 e. The normalized spacial score (nSPS) is 14.3. The Morgan fingerprint density at radius 3 is 1.41 bits per heavy atom. The number of aliphatic hydroxyl groups is 1. The molecule has 0 bridgehead atoms. The summed E-state index contributed by atoms with van der Waals surface area (Å²) in [5.74, 6) is -2.45. The third-order valence-corrected chi connectivity index (χ3v) is 10.9. The fraction of sp³-hybridized carbons (Fsp3) is 0.667. The summed E-state index contributed by atoms with van der Waals surface area (Å²) in [6.45, 7) is 2.45. The molecular weight excluding hydrogens is 818 g/mol. The van der Waals surface area contributed by atoms with Crippen LogP contribution in [0, 0.1) is 0 Å². The highest BCUT2D eigenvalue weighted by Gasteiger charge is 2.28. The lowest BCUT2D eigenvalue weighted by molar-refractivity contribution is -0.147. The Hall–Kier alpha value is -3.34. The zero-order valence-corrected chi connectivity index (χ0v) is 40.0. The van der Waals surface area contributed by atoms with E-state index in [9.17, 15) is 34.1 Å². The van der Waals surface area contributed by atoms with E-state index in [0.29, 0.717) is 12.8 Å². The number of aliphatic carboxylic acids is 1. The predicted molar refractivity (Wildman–Crippen MR) is 258 cm³/mol. The lowest BCUT2D eigenvalue weighted by Crippen LogP contribution is -2.43. The van der Waals surface area contributed by atoms with Crippen LogP contribution in [0.5, 0.6) is 0 Å². The Bertz CT molecular complexity index is 1390. The average molecular weight is 904 g/mol. The van der Waals surface area contributed by atoms with Crippen molar-refractivity contribution in [1.82, 2.24) is 5.32 Å². The van der Waals surface area contributed by atoms with Gasteiger partial charge < -0.3 is 25.2 Å². The highest BCUT2D eigenvalue weighted by Crippen LogP contribution is 2.43. The number of carboxylic acid groups (broad SMARTS) is 1. The van der Waals surface area contributed by atoms with E-state index >= 15 is 0 Å². The minimum absolute atomic E-state index is 0.0856. The molecule has 0 aromatic heterocycles. The lowest BCUT2D eigenvalue weighted by Gasteiger charge is -2.18. The molecule has 63 heavy (non-hydrogen) atoms. The molecule has 0 aromatic rings. The fourth-order valence-electron chi connectivity index (χ4n) is 6.19. The molecule has 0 saturated carbocycles. The number of phosphoric ester groups is 1. The van der Waals surface area contributed by atoms with Crippen molar-refractivity contribution in [3.05, 3.63) is 85.1 Å². The van der Waals surface area contributed by atoms with Crippen LogP contribution >= 0.6 is 7.82 Å². The maximum Gasteiger partial charge on any atom is 0.472 e. The van der Waals surface area contributed by atoms with E-state index < -0.39 is 57.6 Å². The van der Waals surface area contributed by atoms with Crippen molar-refractivity contribution < 1.29 is 47.8 Å². The van der Waals surface area contributed by atoms with Crippen molar-refractivity contribution in [2.75, 3.05) is 19.8 Å².